The Hall–Kier alpha value is -3.04. The minimum absolute atomic E-state index is 0.131. The fourth-order valence-corrected chi connectivity index (χ4v) is 4.60. The fourth-order valence-electron chi connectivity index (χ4n) is 2.86. The van der Waals surface area contributed by atoms with Crippen LogP contribution >= 0.6 is 23.1 Å². The lowest BCUT2D eigenvalue weighted by Crippen LogP contribution is -2.27. The first kappa shape index (κ1) is 21.2. The third-order valence-corrected chi connectivity index (χ3v) is 6.34. The molecule has 0 atom stereocenters. The second-order valence-corrected chi connectivity index (χ2v) is 9.12. The molecule has 3 aromatic heterocycles. The average molecular weight is 451 g/mol. The number of para-hydroxylation sites is 1. The van der Waals surface area contributed by atoms with Crippen LogP contribution in [0.1, 0.15) is 29.3 Å². The highest BCUT2D eigenvalue weighted by molar-refractivity contribution is 7.98. The molecule has 0 bridgehead atoms. The van der Waals surface area contributed by atoms with E-state index in [1.807, 2.05) is 47.0 Å². The van der Waals surface area contributed by atoms with Gasteiger partial charge in [-0.2, -0.15) is 0 Å². The highest BCUT2D eigenvalue weighted by atomic mass is 32.2. The Morgan fingerprint density at radius 3 is 2.65 bits per heavy atom. The number of thioether (sulfide) groups is 1. The Labute approximate surface area is 189 Å². The first-order valence-corrected chi connectivity index (χ1v) is 11.7. The molecule has 1 aromatic carbocycles. The van der Waals surface area contributed by atoms with Crippen LogP contribution in [0.3, 0.4) is 0 Å². The first-order chi connectivity index (χ1) is 15.1. The second-order valence-electron chi connectivity index (χ2n) is 7.23. The molecule has 1 amide bonds. The maximum atomic E-state index is 12.2. The van der Waals surface area contributed by atoms with Crippen molar-refractivity contribution in [3.05, 3.63) is 70.9 Å². The number of carbonyl (C=O) groups is 1. The summed E-state index contributed by atoms with van der Waals surface area (Å²) in [6.45, 7) is 4.76. The molecule has 9 heteroatoms. The van der Waals surface area contributed by atoms with Gasteiger partial charge in [0.25, 0.3) is 5.91 Å². The van der Waals surface area contributed by atoms with Gasteiger partial charge in [-0.15, -0.1) is 21.5 Å². The Morgan fingerprint density at radius 2 is 1.90 bits per heavy atom. The van der Waals surface area contributed by atoms with E-state index in [1.165, 1.54) is 11.3 Å². The third kappa shape index (κ3) is 5.18. The van der Waals surface area contributed by atoms with Crippen molar-refractivity contribution < 1.29 is 4.79 Å². The van der Waals surface area contributed by atoms with Gasteiger partial charge in [0.15, 0.2) is 11.0 Å². The molecule has 4 aromatic rings. The van der Waals surface area contributed by atoms with Gasteiger partial charge >= 0.3 is 0 Å². The average Bonchev–Trinajstić information content (AvgIpc) is 3.44. The van der Waals surface area contributed by atoms with Gasteiger partial charge in [0.1, 0.15) is 10.7 Å². The van der Waals surface area contributed by atoms with Gasteiger partial charge in [0, 0.05) is 35.6 Å². The van der Waals surface area contributed by atoms with Crippen molar-refractivity contribution in [2.24, 2.45) is 5.92 Å². The van der Waals surface area contributed by atoms with Crippen molar-refractivity contribution in [2.75, 3.05) is 6.54 Å². The summed E-state index contributed by atoms with van der Waals surface area (Å²) in [5.74, 6) is 1.62. The van der Waals surface area contributed by atoms with E-state index < -0.39 is 0 Å². The maximum Gasteiger partial charge on any atom is 0.270 e. The van der Waals surface area contributed by atoms with E-state index >= 15 is 0 Å². The van der Waals surface area contributed by atoms with E-state index in [4.69, 9.17) is 0 Å². The second kappa shape index (κ2) is 9.84. The summed E-state index contributed by atoms with van der Waals surface area (Å²) < 4.78 is 2.03. The molecule has 0 radical (unpaired) electrons. The van der Waals surface area contributed by atoms with Crippen LogP contribution in [0, 0.1) is 5.92 Å². The minimum atomic E-state index is -0.131. The monoisotopic (exact) mass is 450 g/mol. The normalized spacial score (nSPS) is 11.1. The molecule has 0 fully saturated rings. The largest absolute Gasteiger partial charge is 0.350 e. The molecule has 0 saturated carbocycles. The molecule has 31 heavy (non-hydrogen) atoms. The van der Waals surface area contributed by atoms with Crippen molar-refractivity contribution >= 4 is 29.0 Å². The number of nitrogens with zero attached hydrogens (tertiary/aromatic N) is 5. The number of hydrogen-bond donors (Lipinski definition) is 1. The van der Waals surface area contributed by atoms with Crippen LogP contribution in [0.4, 0.5) is 0 Å². The molecule has 0 aliphatic carbocycles. The number of hydrogen-bond acceptors (Lipinski definition) is 7. The van der Waals surface area contributed by atoms with Crippen molar-refractivity contribution in [1.82, 2.24) is 30.0 Å². The number of amides is 1. The molecule has 3 heterocycles. The van der Waals surface area contributed by atoms with Gasteiger partial charge < -0.3 is 5.32 Å². The van der Waals surface area contributed by atoms with E-state index in [0.29, 0.717) is 23.9 Å². The predicted octanol–water partition coefficient (Wildman–Crippen LogP) is 4.46. The number of rotatable bonds is 8. The van der Waals surface area contributed by atoms with Crippen LogP contribution in [0.5, 0.6) is 0 Å². The minimum Gasteiger partial charge on any atom is -0.350 e. The van der Waals surface area contributed by atoms with Gasteiger partial charge in [0.05, 0.1) is 5.75 Å². The number of aromatic nitrogens is 5. The smallest absolute Gasteiger partial charge is 0.270 e. The van der Waals surface area contributed by atoms with Gasteiger partial charge in [-0.05, 0) is 30.2 Å². The zero-order valence-corrected chi connectivity index (χ0v) is 18.9. The molecule has 158 valence electrons. The van der Waals surface area contributed by atoms with Gasteiger partial charge in [-0.25, -0.2) is 4.98 Å². The quantitative estimate of drug-likeness (QED) is 0.399. The molecule has 0 aliphatic rings. The topological polar surface area (TPSA) is 85.6 Å². The molecule has 0 spiro atoms. The van der Waals surface area contributed by atoms with Crippen LogP contribution in [0.15, 0.2) is 65.4 Å². The Morgan fingerprint density at radius 1 is 1.13 bits per heavy atom. The van der Waals surface area contributed by atoms with Gasteiger partial charge in [-0.3, -0.25) is 14.3 Å². The van der Waals surface area contributed by atoms with E-state index in [-0.39, 0.29) is 5.91 Å². The standard InChI is InChI=1S/C22H22N6OS2/c1-15(2)12-24-21(29)18-13-30-19(25-18)14-31-22-27-26-20(16-8-10-23-11-9-16)28(22)17-6-4-3-5-7-17/h3-11,13,15H,12,14H2,1-2H3,(H,24,29). The van der Waals surface area contributed by atoms with E-state index in [9.17, 15) is 4.79 Å². The summed E-state index contributed by atoms with van der Waals surface area (Å²) in [5, 5.41) is 15.2. The molecule has 4 rings (SSSR count). The Bertz CT molecular complexity index is 1140. The Balaban J connectivity index is 1.55. The van der Waals surface area contributed by atoms with Crippen LogP contribution < -0.4 is 5.32 Å². The van der Waals surface area contributed by atoms with E-state index in [2.05, 4.69) is 39.3 Å². The summed E-state index contributed by atoms with van der Waals surface area (Å²) >= 11 is 3.02. The van der Waals surface area contributed by atoms with Crippen molar-refractivity contribution in [2.45, 2.75) is 24.8 Å². The molecule has 0 saturated heterocycles. The lowest BCUT2D eigenvalue weighted by Gasteiger charge is -2.09. The maximum absolute atomic E-state index is 12.2. The molecule has 0 aliphatic heterocycles. The first-order valence-electron chi connectivity index (χ1n) is 9.88. The highest BCUT2D eigenvalue weighted by Crippen LogP contribution is 2.30. The van der Waals surface area contributed by atoms with Crippen molar-refractivity contribution in [1.29, 1.82) is 0 Å². The van der Waals surface area contributed by atoms with Crippen LogP contribution in [-0.4, -0.2) is 37.2 Å². The molecular formula is C22H22N6OS2. The highest BCUT2D eigenvalue weighted by Gasteiger charge is 2.17. The van der Waals surface area contributed by atoms with Crippen LogP contribution in [0.25, 0.3) is 17.1 Å². The molecule has 7 nitrogen and oxygen atoms in total. The summed E-state index contributed by atoms with van der Waals surface area (Å²) in [6, 6.07) is 13.8. The van der Waals surface area contributed by atoms with Gasteiger partial charge in [-0.1, -0.05) is 43.8 Å². The summed E-state index contributed by atoms with van der Waals surface area (Å²) in [6.07, 6.45) is 3.49. The number of thiazole rings is 1. The van der Waals surface area contributed by atoms with Gasteiger partial charge in [0.2, 0.25) is 0 Å². The predicted molar refractivity (Wildman–Crippen MR) is 123 cm³/mol. The lowest BCUT2D eigenvalue weighted by molar-refractivity contribution is 0.0944. The lowest BCUT2D eigenvalue weighted by atomic mass is 10.2. The van der Waals surface area contributed by atoms with Crippen molar-refractivity contribution in [3.63, 3.8) is 0 Å². The zero-order chi connectivity index (χ0) is 21.6. The number of pyridine rings is 1. The van der Waals surface area contributed by atoms with E-state index in [0.717, 1.165) is 27.2 Å². The molecule has 0 unspecified atom stereocenters. The third-order valence-electron chi connectivity index (χ3n) is 4.37. The number of benzene rings is 1. The molecule has 1 N–H and O–H groups in total. The zero-order valence-electron chi connectivity index (χ0n) is 17.2. The van der Waals surface area contributed by atoms with Crippen LogP contribution in [-0.2, 0) is 5.75 Å². The van der Waals surface area contributed by atoms with Crippen LogP contribution in [0.2, 0.25) is 0 Å². The molecular weight excluding hydrogens is 428 g/mol. The fraction of sp³-hybridized carbons (Fsp3) is 0.227. The van der Waals surface area contributed by atoms with E-state index in [1.54, 1.807) is 29.5 Å². The SMILES string of the molecule is CC(C)CNC(=O)c1csc(CSc2nnc(-c3ccncc3)n2-c2ccccc2)n1. The Kier molecular flexibility index (Phi) is 6.73. The summed E-state index contributed by atoms with van der Waals surface area (Å²) in [4.78, 5) is 20.8. The van der Waals surface area contributed by atoms with Crippen molar-refractivity contribution in [3.8, 4) is 17.1 Å². The summed E-state index contributed by atoms with van der Waals surface area (Å²) in [7, 11) is 0. The summed E-state index contributed by atoms with van der Waals surface area (Å²) in [5.41, 5.74) is 2.38. The number of nitrogens with one attached hydrogen (secondary N) is 1. The number of carbonyl (C=O) groups excluding carboxylic acids is 1.